The summed E-state index contributed by atoms with van der Waals surface area (Å²) >= 11 is 0. The molecule has 1 aromatic rings. The highest BCUT2D eigenvalue weighted by Crippen LogP contribution is 2.49. The van der Waals surface area contributed by atoms with Crippen LogP contribution in [0.5, 0.6) is 0 Å². The lowest BCUT2D eigenvalue weighted by atomic mass is 9.94. The highest BCUT2D eigenvalue weighted by atomic mass is 16.2. The van der Waals surface area contributed by atoms with E-state index in [1.54, 1.807) is 12.1 Å². The minimum atomic E-state index is -0.935. The van der Waals surface area contributed by atoms with Crippen LogP contribution in [0, 0.1) is 0 Å². The van der Waals surface area contributed by atoms with Crippen LogP contribution in [0.3, 0.4) is 0 Å². The Bertz CT molecular complexity index is 939. The van der Waals surface area contributed by atoms with Crippen LogP contribution in [0.4, 0.5) is 0 Å². The maximum atomic E-state index is 13.2. The number of carbonyl (C=O) groups is 4. The predicted molar refractivity (Wildman–Crippen MR) is 103 cm³/mol. The summed E-state index contributed by atoms with van der Waals surface area (Å²) in [5.41, 5.74) is 7.86. The quantitative estimate of drug-likeness (QED) is 0.722. The van der Waals surface area contributed by atoms with Gasteiger partial charge in [0.2, 0.25) is 11.8 Å². The fraction of sp³-hybridized carbons (Fsp3) is 0.524. The zero-order valence-electron chi connectivity index (χ0n) is 16.1. The number of fused-ring (bicyclic) bond motifs is 1. The first kappa shape index (κ1) is 18.4. The number of nitrogens with two attached hydrogens (primary N) is 1. The Kier molecular flexibility index (Phi) is 4.11. The number of amides is 4. The van der Waals surface area contributed by atoms with Crippen molar-refractivity contribution in [3.05, 3.63) is 34.9 Å². The van der Waals surface area contributed by atoms with Gasteiger partial charge in [-0.1, -0.05) is 12.1 Å². The van der Waals surface area contributed by atoms with Crippen molar-refractivity contribution in [1.82, 2.24) is 15.1 Å². The number of nitrogens with zero attached hydrogens (tertiary/aromatic N) is 2. The molecular formula is C21H24N4O4. The number of nitrogens with one attached hydrogen (secondary N) is 1. The number of carbonyl (C=O) groups excluding carboxylic acids is 4. The minimum absolute atomic E-state index is 0.118. The molecule has 29 heavy (non-hydrogen) atoms. The molecule has 0 radical (unpaired) electrons. The van der Waals surface area contributed by atoms with E-state index in [9.17, 15) is 19.2 Å². The van der Waals surface area contributed by atoms with Crippen LogP contribution in [-0.4, -0.2) is 57.6 Å². The van der Waals surface area contributed by atoms with Crippen LogP contribution in [0.1, 0.15) is 64.8 Å². The standard InChI is InChI=1S/C21H24N4O4/c22-13-6-9-24(21(10-13)7-8-21)11-12-2-1-3-14-17(12)20(29)25(19(14)28)15-4-5-16(26)23-18(15)27/h1-3,13,15H,4-11,22H2,(H,23,26,27). The summed E-state index contributed by atoms with van der Waals surface area (Å²) in [4.78, 5) is 53.3. The number of hydrogen-bond donors (Lipinski definition) is 2. The van der Waals surface area contributed by atoms with E-state index < -0.39 is 23.8 Å². The summed E-state index contributed by atoms with van der Waals surface area (Å²) in [5.74, 6) is -1.85. The van der Waals surface area contributed by atoms with Gasteiger partial charge in [0.25, 0.3) is 11.8 Å². The number of rotatable bonds is 3. The zero-order chi connectivity index (χ0) is 20.3. The van der Waals surface area contributed by atoms with Gasteiger partial charge in [-0.3, -0.25) is 34.3 Å². The third-order valence-corrected chi connectivity index (χ3v) is 6.83. The van der Waals surface area contributed by atoms with Gasteiger partial charge in [-0.25, -0.2) is 0 Å². The molecule has 2 saturated heterocycles. The number of benzene rings is 1. The Labute approximate surface area is 168 Å². The fourth-order valence-corrected chi connectivity index (χ4v) is 5.11. The van der Waals surface area contributed by atoms with Gasteiger partial charge in [-0.15, -0.1) is 0 Å². The van der Waals surface area contributed by atoms with Gasteiger partial charge in [0.1, 0.15) is 6.04 Å². The number of likely N-dealkylation sites (tertiary alicyclic amines) is 1. The molecule has 2 unspecified atom stereocenters. The van der Waals surface area contributed by atoms with Gasteiger partial charge in [-0.2, -0.15) is 0 Å². The average molecular weight is 396 g/mol. The van der Waals surface area contributed by atoms with Crippen molar-refractivity contribution >= 4 is 23.6 Å². The molecule has 3 N–H and O–H groups in total. The predicted octanol–water partition coefficient (Wildman–Crippen LogP) is 0.543. The summed E-state index contributed by atoms with van der Waals surface area (Å²) in [6.45, 7) is 1.47. The van der Waals surface area contributed by atoms with Crippen molar-refractivity contribution in [3.63, 3.8) is 0 Å². The van der Waals surface area contributed by atoms with Crippen LogP contribution in [0.25, 0.3) is 0 Å². The van der Waals surface area contributed by atoms with E-state index in [2.05, 4.69) is 10.2 Å². The summed E-state index contributed by atoms with van der Waals surface area (Å²) in [6, 6.07) is 4.62. The van der Waals surface area contributed by atoms with Crippen molar-refractivity contribution in [2.24, 2.45) is 5.73 Å². The lowest BCUT2D eigenvalue weighted by molar-refractivity contribution is -0.136. The Balaban J connectivity index is 1.44. The topological polar surface area (TPSA) is 113 Å². The average Bonchev–Trinajstić information content (AvgIpc) is 3.39. The lowest BCUT2D eigenvalue weighted by Crippen LogP contribution is -2.54. The second-order valence-corrected chi connectivity index (χ2v) is 8.69. The Morgan fingerprint density at radius 3 is 2.62 bits per heavy atom. The summed E-state index contributed by atoms with van der Waals surface area (Å²) in [7, 11) is 0. The molecule has 3 fully saturated rings. The van der Waals surface area contributed by atoms with Crippen molar-refractivity contribution in [2.75, 3.05) is 6.54 Å². The lowest BCUT2D eigenvalue weighted by Gasteiger charge is -2.39. The Hall–Kier alpha value is -2.58. The van der Waals surface area contributed by atoms with Crippen LogP contribution >= 0.6 is 0 Å². The number of imide groups is 2. The first-order chi connectivity index (χ1) is 13.9. The van der Waals surface area contributed by atoms with E-state index in [0.29, 0.717) is 17.7 Å². The maximum Gasteiger partial charge on any atom is 0.262 e. The van der Waals surface area contributed by atoms with E-state index >= 15 is 0 Å². The van der Waals surface area contributed by atoms with E-state index in [1.165, 1.54) is 0 Å². The third kappa shape index (κ3) is 2.89. The molecule has 0 bridgehead atoms. The van der Waals surface area contributed by atoms with E-state index in [4.69, 9.17) is 5.73 Å². The number of hydrogen-bond acceptors (Lipinski definition) is 6. The van der Waals surface area contributed by atoms with Gasteiger partial charge < -0.3 is 5.73 Å². The molecule has 3 aliphatic heterocycles. The molecule has 1 spiro atoms. The molecule has 2 atom stereocenters. The molecule has 4 amide bonds. The van der Waals surface area contributed by atoms with Crippen LogP contribution < -0.4 is 11.1 Å². The molecule has 152 valence electrons. The second-order valence-electron chi connectivity index (χ2n) is 8.69. The smallest absolute Gasteiger partial charge is 0.262 e. The molecule has 8 nitrogen and oxygen atoms in total. The van der Waals surface area contributed by atoms with Gasteiger partial charge in [-0.05, 0) is 43.7 Å². The highest BCUT2D eigenvalue weighted by molar-refractivity contribution is 6.24. The number of piperidine rings is 2. The molecule has 1 aromatic carbocycles. The van der Waals surface area contributed by atoms with Crippen molar-refractivity contribution in [3.8, 4) is 0 Å². The van der Waals surface area contributed by atoms with Gasteiger partial charge in [0, 0.05) is 31.1 Å². The van der Waals surface area contributed by atoms with E-state index in [0.717, 1.165) is 42.7 Å². The van der Waals surface area contributed by atoms with Gasteiger partial charge in [0.15, 0.2) is 0 Å². The third-order valence-electron chi connectivity index (χ3n) is 6.83. The van der Waals surface area contributed by atoms with Crippen LogP contribution in [-0.2, 0) is 16.1 Å². The second kappa shape index (κ2) is 6.47. The molecule has 8 heteroatoms. The maximum absolute atomic E-state index is 13.2. The SMILES string of the molecule is NC1CCN(Cc2cccc3c2C(=O)N(C2CCC(=O)NC2=O)C3=O)C2(CC2)C1. The van der Waals surface area contributed by atoms with Crippen molar-refractivity contribution in [1.29, 1.82) is 0 Å². The fourth-order valence-electron chi connectivity index (χ4n) is 5.11. The molecular weight excluding hydrogens is 372 g/mol. The summed E-state index contributed by atoms with van der Waals surface area (Å²) in [6.07, 6.45) is 4.41. The van der Waals surface area contributed by atoms with E-state index in [-0.39, 0.29) is 30.3 Å². The first-order valence-corrected chi connectivity index (χ1v) is 10.2. The van der Waals surface area contributed by atoms with Crippen LogP contribution in [0.15, 0.2) is 18.2 Å². The van der Waals surface area contributed by atoms with Gasteiger partial charge >= 0.3 is 0 Å². The zero-order valence-corrected chi connectivity index (χ0v) is 16.1. The molecule has 1 saturated carbocycles. The minimum Gasteiger partial charge on any atom is -0.328 e. The first-order valence-electron chi connectivity index (χ1n) is 10.2. The molecule has 3 heterocycles. The normalized spacial score (nSPS) is 28.7. The monoisotopic (exact) mass is 396 g/mol. The van der Waals surface area contributed by atoms with Crippen molar-refractivity contribution < 1.29 is 19.2 Å². The van der Waals surface area contributed by atoms with Gasteiger partial charge in [0.05, 0.1) is 11.1 Å². The molecule has 0 aromatic heterocycles. The van der Waals surface area contributed by atoms with Crippen molar-refractivity contribution in [2.45, 2.75) is 62.7 Å². The summed E-state index contributed by atoms with van der Waals surface area (Å²) in [5, 5.41) is 2.23. The Morgan fingerprint density at radius 1 is 1.10 bits per heavy atom. The molecule has 5 rings (SSSR count). The van der Waals surface area contributed by atoms with Crippen LogP contribution in [0.2, 0.25) is 0 Å². The molecule has 4 aliphatic rings. The summed E-state index contributed by atoms with van der Waals surface area (Å²) < 4.78 is 0. The largest absolute Gasteiger partial charge is 0.328 e. The highest BCUT2D eigenvalue weighted by Gasteiger charge is 2.51. The molecule has 1 aliphatic carbocycles. The Morgan fingerprint density at radius 2 is 1.90 bits per heavy atom. The van der Waals surface area contributed by atoms with E-state index in [1.807, 2.05) is 6.07 Å².